The third-order valence-electron chi connectivity index (χ3n) is 3.12. The molecule has 0 unspecified atom stereocenters. The molecule has 2 N–H and O–H groups in total. The van der Waals surface area contributed by atoms with Crippen LogP contribution in [0.3, 0.4) is 0 Å². The number of rotatable bonds is 5. The highest BCUT2D eigenvalue weighted by Crippen LogP contribution is 2.25. The summed E-state index contributed by atoms with van der Waals surface area (Å²) in [4.78, 5) is 11.3. The summed E-state index contributed by atoms with van der Waals surface area (Å²) in [6, 6.07) is 5.44. The lowest BCUT2D eigenvalue weighted by Crippen LogP contribution is -2.12. The first-order chi connectivity index (χ1) is 8.69. The second kappa shape index (κ2) is 5.23. The minimum Gasteiger partial charge on any atom is -0.478 e. The van der Waals surface area contributed by atoms with Gasteiger partial charge in [-0.25, -0.2) is 4.79 Å². The maximum absolute atomic E-state index is 11.3. The van der Waals surface area contributed by atoms with Gasteiger partial charge in [0, 0.05) is 30.2 Å². The van der Waals surface area contributed by atoms with Crippen LogP contribution in [0.5, 0.6) is 0 Å². The molecule has 1 aromatic heterocycles. The van der Waals surface area contributed by atoms with Gasteiger partial charge in [0.05, 0.1) is 5.56 Å². The average Bonchev–Trinajstić information content (AvgIpc) is 2.74. The number of nitrogens with zero attached hydrogens (tertiary/aromatic N) is 1. The second-order valence-electron chi connectivity index (χ2n) is 4.23. The lowest BCUT2D eigenvalue weighted by Gasteiger charge is -2.03. The van der Waals surface area contributed by atoms with Gasteiger partial charge < -0.3 is 15.0 Å². The normalized spacial score (nSPS) is 11.0. The lowest BCUT2D eigenvalue weighted by atomic mass is 10.1. The fourth-order valence-corrected chi connectivity index (χ4v) is 2.27. The summed E-state index contributed by atoms with van der Waals surface area (Å²) in [6.07, 6.45) is 2.04. The summed E-state index contributed by atoms with van der Waals surface area (Å²) >= 11 is 0. The van der Waals surface area contributed by atoms with Crippen LogP contribution < -0.4 is 5.32 Å². The Morgan fingerprint density at radius 3 is 2.78 bits per heavy atom. The molecule has 2 aromatic rings. The Bertz CT molecular complexity index is 572. The SMILES string of the molecule is CCNCc1cn(CC)c2cccc(C(=O)O)c12. The Labute approximate surface area is 106 Å². The van der Waals surface area contributed by atoms with Crippen molar-refractivity contribution < 1.29 is 9.90 Å². The van der Waals surface area contributed by atoms with E-state index in [9.17, 15) is 9.90 Å². The molecule has 4 nitrogen and oxygen atoms in total. The Kier molecular flexibility index (Phi) is 3.67. The van der Waals surface area contributed by atoms with E-state index in [1.54, 1.807) is 12.1 Å². The number of carboxylic acids is 1. The van der Waals surface area contributed by atoms with Crippen LogP contribution in [0.25, 0.3) is 10.9 Å². The zero-order valence-electron chi connectivity index (χ0n) is 10.7. The molecular formula is C14H18N2O2. The maximum Gasteiger partial charge on any atom is 0.336 e. The van der Waals surface area contributed by atoms with Crippen molar-refractivity contribution >= 4 is 16.9 Å². The van der Waals surface area contributed by atoms with E-state index in [1.165, 1.54) is 0 Å². The molecule has 4 heteroatoms. The average molecular weight is 246 g/mol. The molecule has 0 aliphatic heterocycles. The summed E-state index contributed by atoms with van der Waals surface area (Å²) < 4.78 is 2.09. The summed E-state index contributed by atoms with van der Waals surface area (Å²) in [5.41, 5.74) is 2.42. The Morgan fingerprint density at radius 2 is 2.17 bits per heavy atom. The molecule has 0 amide bonds. The summed E-state index contributed by atoms with van der Waals surface area (Å²) in [5, 5.41) is 13.4. The van der Waals surface area contributed by atoms with E-state index in [4.69, 9.17) is 0 Å². The predicted molar refractivity (Wildman–Crippen MR) is 72.0 cm³/mol. The highest BCUT2D eigenvalue weighted by molar-refractivity contribution is 6.04. The van der Waals surface area contributed by atoms with Crippen LogP contribution in [0.1, 0.15) is 29.8 Å². The minimum absolute atomic E-state index is 0.382. The van der Waals surface area contributed by atoms with E-state index < -0.39 is 5.97 Å². The number of hydrogen-bond acceptors (Lipinski definition) is 2. The number of carbonyl (C=O) groups is 1. The first-order valence-electron chi connectivity index (χ1n) is 6.23. The van der Waals surface area contributed by atoms with Crippen molar-refractivity contribution in [3.63, 3.8) is 0 Å². The van der Waals surface area contributed by atoms with Gasteiger partial charge >= 0.3 is 5.97 Å². The topological polar surface area (TPSA) is 54.3 Å². The molecular weight excluding hydrogens is 228 g/mol. The van der Waals surface area contributed by atoms with E-state index in [0.29, 0.717) is 12.1 Å². The third-order valence-corrected chi connectivity index (χ3v) is 3.12. The molecule has 0 aliphatic rings. The standard InChI is InChI=1S/C14H18N2O2/c1-3-15-8-10-9-16(4-2)12-7-5-6-11(13(10)12)14(17)18/h5-7,9,15H,3-4,8H2,1-2H3,(H,17,18). The van der Waals surface area contributed by atoms with E-state index >= 15 is 0 Å². The van der Waals surface area contributed by atoms with Gasteiger partial charge in [-0.15, -0.1) is 0 Å². The van der Waals surface area contributed by atoms with Crippen LogP contribution in [0.15, 0.2) is 24.4 Å². The molecule has 96 valence electrons. The third kappa shape index (κ3) is 2.11. The van der Waals surface area contributed by atoms with Gasteiger partial charge in [-0.3, -0.25) is 0 Å². The van der Waals surface area contributed by atoms with Crippen molar-refractivity contribution in [2.24, 2.45) is 0 Å². The smallest absolute Gasteiger partial charge is 0.336 e. The van der Waals surface area contributed by atoms with Gasteiger partial charge in [0.15, 0.2) is 0 Å². The van der Waals surface area contributed by atoms with Gasteiger partial charge in [0.25, 0.3) is 0 Å². The molecule has 1 aromatic carbocycles. The molecule has 18 heavy (non-hydrogen) atoms. The highest BCUT2D eigenvalue weighted by Gasteiger charge is 2.15. The fraction of sp³-hybridized carbons (Fsp3) is 0.357. The van der Waals surface area contributed by atoms with Crippen molar-refractivity contribution in [3.8, 4) is 0 Å². The first-order valence-corrected chi connectivity index (χ1v) is 6.23. The largest absolute Gasteiger partial charge is 0.478 e. The second-order valence-corrected chi connectivity index (χ2v) is 4.23. The van der Waals surface area contributed by atoms with E-state index in [1.807, 2.05) is 19.2 Å². The summed E-state index contributed by atoms with van der Waals surface area (Å²) in [6.45, 7) is 6.51. The number of benzene rings is 1. The molecule has 1 heterocycles. The molecule has 0 spiro atoms. The van der Waals surface area contributed by atoms with Gasteiger partial charge in [-0.05, 0) is 31.2 Å². The zero-order chi connectivity index (χ0) is 13.1. The number of aryl methyl sites for hydroxylation is 1. The number of carboxylic acid groups (broad SMARTS) is 1. The number of aromatic nitrogens is 1. The monoisotopic (exact) mass is 246 g/mol. The van der Waals surface area contributed by atoms with Gasteiger partial charge in [0.2, 0.25) is 0 Å². The lowest BCUT2D eigenvalue weighted by molar-refractivity contribution is 0.0699. The number of fused-ring (bicyclic) bond motifs is 1. The molecule has 0 radical (unpaired) electrons. The van der Waals surface area contributed by atoms with Crippen LogP contribution >= 0.6 is 0 Å². The predicted octanol–water partition coefficient (Wildman–Crippen LogP) is 2.47. The van der Waals surface area contributed by atoms with Crippen molar-refractivity contribution in [3.05, 3.63) is 35.5 Å². The van der Waals surface area contributed by atoms with E-state index in [2.05, 4.69) is 16.8 Å². The molecule has 0 aliphatic carbocycles. The Balaban J connectivity index is 2.65. The minimum atomic E-state index is -0.868. The van der Waals surface area contributed by atoms with Crippen LogP contribution in [0.2, 0.25) is 0 Å². The maximum atomic E-state index is 11.3. The quantitative estimate of drug-likeness (QED) is 0.852. The number of aromatic carboxylic acids is 1. The van der Waals surface area contributed by atoms with Crippen LogP contribution in [-0.2, 0) is 13.1 Å². The zero-order valence-corrected chi connectivity index (χ0v) is 10.7. The summed E-state index contributed by atoms with van der Waals surface area (Å²) in [5.74, 6) is -0.868. The fourth-order valence-electron chi connectivity index (χ4n) is 2.27. The Morgan fingerprint density at radius 1 is 1.39 bits per heavy atom. The molecule has 0 atom stereocenters. The van der Waals surface area contributed by atoms with Crippen LogP contribution in [0.4, 0.5) is 0 Å². The van der Waals surface area contributed by atoms with E-state index in [0.717, 1.165) is 29.6 Å². The van der Waals surface area contributed by atoms with Crippen molar-refractivity contribution in [2.75, 3.05) is 6.54 Å². The first kappa shape index (κ1) is 12.6. The molecule has 2 rings (SSSR count). The Hall–Kier alpha value is -1.81. The van der Waals surface area contributed by atoms with Crippen LogP contribution in [0, 0.1) is 0 Å². The van der Waals surface area contributed by atoms with Crippen molar-refractivity contribution in [2.45, 2.75) is 26.9 Å². The molecule has 0 saturated heterocycles. The van der Waals surface area contributed by atoms with Crippen molar-refractivity contribution in [1.82, 2.24) is 9.88 Å². The van der Waals surface area contributed by atoms with Gasteiger partial charge in [-0.1, -0.05) is 13.0 Å². The van der Waals surface area contributed by atoms with Crippen LogP contribution in [-0.4, -0.2) is 22.2 Å². The number of nitrogens with one attached hydrogen (secondary N) is 1. The van der Waals surface area contributed by atoms with Gasteiger partial charge in [0.1, 0.15) is 0 Å². The highest BCUT2D eigenvalue weighted by atomic mass is 16.4. The molecule has 0 bridgehead atoms. The molecule has 0 saturated carbocycles. The van der Waals surface area contributed by atoms with Gasteiger partial charge in [-0.2, -0.15) is 0 Å². The number of hydrogen-bond donors (Lipinski definition) is 2. The summed E-state index contributed by atoms with van der Waals surface area (Å²) in [7, 11) is 0. The van der Waals surface area contributed by atoms with Crippen molar-refractivity contribution in [1.29, 1.82) is 0 Å². The van der Waals surface area contributed by atoms with E-state index in [-0.39, 0.29) is 0 Å². The molecule has 0 fully saturated rings.